The fourth-order valence-electron chi connectivity index (χ4n) is 2.75. The SMILES string of the molecule is Cc1ccnc(NC(=O)[C@H](CSCCCC(=O)NO)NC(=O)c2ccc(N(C)C)cc2)c1. The van der Waals surface area contributed by atoms with Crippen molar-refractivity contribution in [2.45, 2.75) is 25.8 Å². The van der Waals surface area contributed by atoms with E-state index in [4.69, 9.17) is 5.21 Å². The summed E-state index contributed by atoms with van der Waals surface area (Å²) in [5.41, 5.74) is 3.96. The number of thioether (sulfide) groups is 1. The second-order valence-corrected chi connectivity index (χ2v) is 8.54. The average molecular weight is 460 g/mol. The maximum atomic E-state index is 12.9. The Morgan fingerprint density at radius 1 is 1.16 bits per heavy atom. The van der Waals surface area contributed by atoms with Crippen molar-refractivity contribution in [2.75, 3.05) is 35.8 Å². The number of hydrogen-bond donors (Lipinski definition) is 4. The van der Waals surface area contributed by atoms with Gasteiger partial charge in [-0.2, -0.15) is 11.8 Å². The van der Waals surface area contributed by atoms with E-state index in [1.165, 1.54) is 11.8 Å². The van der Waals surface area contributed by atoms with E-state index >= 15 is 0 Å². The first-order valence-corrected chi connectivity index (χ1v) is 11.3. The molecule has 0 fully saturated rings. The van der Waals surface area contributed by atoms with Crippen molar-refractivity contribution in [3.63, 3.8) is 0 Å². The highest BCUT2D eigenvalue weighted by atomic mass is 32.2. The van der Waals surface area contributed by atoms with Crippen LogP contribution in [0.1, 0.15) is 28.8 Å². The molecule has 1 aromatic carbocycles. The van der Waals surface area contributed by atoms with Gasteiger partial charge < -0.3 is 15.5 Å². The molecule has 2 aromatic rings. The molecular formula is C22H29N5O4S. The van der Waals surface area contributed by atoms with E-state index < -0.39 is 11.9 Å². The molecule has 32 heavy (non-hydrogen) atoms. The molecular weight excluding hydrogens is 430 g/mol. The van der Waals surface area contributed by atoms with Gasteiger partial charge in [-0.25, -0.2) is 10.5 Å². The van der Waals surface area contributed by atoms with E-state index in [2.05, 4.69) is 15.6 Å². The Bertz CT molecular complexity index is 921. The van der Waals surface area contributed by atoms with Gasteiger partial charge in [-0.05, 0) is 61.1 Å². The summed E-state index contributed by atoms with van der Waals surface area (Å²) in [6.45, 7) is 1.90. The molecule has 3 amide bonds. The molecule has 1 heterocycles. The zero-order valence-electron chi connectivity index (χ0n) is 18.4. The Hall–Kier alpha value is -3.11. The maximum Gasteiger partial charge on any atom is 0.251 e. The number of aryl methyl sites for hydroxylation is 1. The minimum atomic E-state index is -0.796. The number of rotatable bonds is 11. The minimum Gasteiger partial charge on any atom is -0.378 e. The van der Waals surface area contributed by atoms with Crippen molar-refractivity contribution < 1.29 is 19.6 Å². The molecule has 9 nitrogen and oxygen atoms in total. The van der Waals surface area contributed by atoms with Crippen LogP contribution < -0.4 is 21.0 Å². The molecule has 2 rings (SSSR count). The zero-order valence-corrected chi connectivity index (χ0v) is 19.2. The first-order chi connectivity index (χ1) is 15.3. The van der Waals surface area contributed by atoms with Crippen molar-refractivity contribution in [2.24, 2.45) is 0 Å². The molecule has 0 aliphatic rings. The van der Waals surface area contributed by atoms with Crippen LogP contribution >= 0.6 is 11.8 Å². The van der Waals surface area contributed by atoms with Gasteiger partial charge in [0, 0.05) is 43.7 Å². The molecule has 0 saturated carbocycles. The largest absolute Gasteiger partial charge is 0.378 e. The number of nitrogens with zero attached hydrogens (tertiary/aromatic N) is 2. The number of pyridine rings is 1. The highest BCUT2D eigenvalue weighted by Gasteiger charge is 2.22. The number of carbonyl (C=O) groups is 3. The summed E-state index contributed by atoms with van der Waals surface area (Å²) in [4.78, 5) is 42.8. The number of hydrogen-bond acceptors (Lipinski definition) is 7. The van der Waals surface area contributed by atoms with E-state index in [-0.39, 0.29) is 18.2 Å². The summed E-state index contributed by atoms with van der Waals surface area (Å²) < 4.78 is 0. The minimum absolute atomic E-state index is 0.179. The van der Waals surface area contributed by atoms with Crippen molar-refractivity contribution in [1.82, 2.24) is 15.8 Å². The van der Waals surface area contributed by atoms with Gasteiger partial charge in [0.05, 0.1) is 0 Å². The first-order valence-electron chi connectivity index (χ1n) is 10.1. The Kier molecular flexibility index (Phi) is 9.96. The number of carbonyl (C=O) groups excluding carboxylic acids is 3. The number of aromatic nitrogens is 1. The van der Waals surface area contributed by atoms with Crippen LogP contribution in [0, 0.1) is 6.92 Å². The Balaban J connectivity index is 2.03. The van der Waals surface area contributed by atoms with Crippen LogP contribution in [0.4, 0.5) is 11.5 Å². The second-order valence-electron chi connectivity index (χ2n) is 7.39. The lowest BCUT2D eigenvalue weighted by atomic mass is 10.1. The monoisotopic (exact) mass is 459 g/mol. The smallest absolute Gasteiger partial charge is 0.251 e. The molecule has 10 heteroatoms. The summed E-state index contributed by atoms with van der Waals surface area (Å²) in [7, 11) is 3.83. The molecule has 1 atom stereocenters. The second kappa shape index (κ2) is 12.7. The highest BCUT2D eigenvalue weighted by molar-refractivity contribution is 7.99. The third kappa shape index (κ3) is 8.20. The topological polar surface area (TPSA) is 124 Å². The highest BCUT2D eigenvalue weighted by Crippen LogP contribution is 2.14. The van der Waals surface area contributed by atoms with Crippen LogP contribution in [-0.4, -0.2) is 59.6 Å². The van der Waals surface area contributed by atoms with Gasteiger partial charge in [-0.3, -0.25) is 19.6 Å². The standard InChI is InChI=1S/C22H29N5O4S/c1-15-10-11-23-19(13-15)25-22(30)18(14-32-12-4-5-20(28)26-31)24-21(29)16-6-8-17(9-7-16)27(2)3/h6-11,13,18,31H,4-5,12,14H2,1-3H3,(H,24,29)(H,26,28)(H,23,25,30)/t18-/m0/s1. The Labute approximate surface area is 191 Å². The molecule has 0 saturated heterocycles. The summed E-state index contributed by atoms with van der Waals surface area (Å²) in [6, 6.07) is 9.87. The summed E-state index contributed by atoms with van der Waals surface area (Å²) >= 11 is 1.44. The number of benzene rings is 1. The van der Waals surface area contributed by atoms with Gasteiger partial charge in [0.1, 0.15) is 11.9 Å². The molecule has 0 aliphatic heterocycles. The predicted octanol–water partition coefficient (Wildman–Crippen LogP) is 2.21. The summed E-state index contributed by atoms with van der Waals surface area (Å²) in [6.07, 6.45) is 2.31. The average Bonchev–Trinajstić information content (AvgIpc) is 2.77. The number of nitrogens with one attached hydrogen (secondary N) is 3. The van der Waals surface area contributed by atoms with E-state index in [0.29, 0.717) is 29.3 Å². The van der Waals surface area contributed by atoms with Gasteiger partial charge in [0.15, 0.2) is 0 Å². The lowest BCUT2D eigenvalue weighted by Crippen LogP contribution is -2.45. The number of amides is 3. The third-order valence-electron chi connectivity index (χ3n) is 4.54. The lowest BCUT2D eigenvalue weighted by molar-refractivity contribution is -0.129. The van der Waals surface area contributed by atoms with E-state index in [1.807, 2.05) is 44.1 Å². The van der Waals surface area contributed by atoms with Crippen LogP contribution in [0.25, 0.3) is 0 Å². The van der Waals surface area contributed by atoms with Gasteiger partial charge in [0.25, 0.3) is 5.91 Å². The maximum absolute atomic E-state index is 12.9. The molecule has 0 unspecified atom stereocenters. The van der Waals surface area contributed by atoms with Gasteiger partial charge in [-0.1, -0.05) is 0 Å². The molecule has 4 N–H and O–H groups in total. The normalized spacial score (nSPS) is 11.4. The van der Waals surface area contributed by atoms with Crippen LogP contribution in [0.5, 0.6) is 0 Å². The van der Waals surface area contributed by atoms with Gasteiger partial charge >= 0.3 is 0 Å². The van der Waals surface area contributed by atoms with Gasteiger partial charge in [-0.15, -0.1) is 0 Å². The summed E-state index contributed by atoms with van der Waals surface area (Å²) in [5.74, 6) is 0.136. The van der Waals surface area contributed by atoms with Crippen LogP contribution in [0.3, 0.4) is 0 Å². The van der Waals surface area contributed by atoms with E-state index in [0.717, 1.165) is 11.3 Å². The van der Waals surface area contributed by atoms with Crippen molar-refractivity contribution in [1.29, 1.82) is 0 Å². The van der Waals surface area contributed by atoms with E-state index in [9.17, 15) is 14.4 Å². The van der Waals surface area contributed by atoms with Crippen LogP contribution in [0.15, 0.2) is 42.6 Å². The van der Waals surface area contributed by atoms with Crippen molar-refractivity contribution >= 4 is 41.0 Å². The van der Waals surface area contributed by atoms with Crippen molar-refractivity contribution in [3.8, 4) is 0 Å². The quantitative estimate of drug-likeness (QED) is 0.231. The first kappa shape index (κ1) is 25.2. The molecule has 0 radical (unpaired) electrons. The number of hydroxylamine groups is 1. The van der Waals surface area contributed by atoms with E-state index in [1.54, 1.807) is 29.9 Å². The predicted molar refractivity (Wildman–Crippen MR) is 126 cm³/mol. The molecule has 0 spiro atoms. The molecule has 172 valence electrons. The van der Waals surface area contributed by atoms with Crippen LogP contribution in [-0.2, 0) is 9.59 Å². The Morgan fingerprint density at radius 2 is 1.88 bits per heavy atom. The fraction of sp³-hybridized carbons (Fsp3) is 0.364. The number of anilines is 2. The molecule has 0 bridgehead atoms. The molecule has 0 aliphatic carbocycles. The van der Waals surface area contributed by atoms with Crippen LogP contribution in [0.2, 0.25) is 0 Å². The molecule has 1 aromatic heterocycles. The summed E-state index contributed by atoms with van der Waals surface area (Å²) in [5, 5.41) is 14.1. The lowest BCUT2D eigenvalue weighted by Gasteiger charge is -2.19. The van der Waals surface area contributed by atoms with Gasteiger partial charge in [0.2, 0.25) is 11.8 Å². The Morgan fingerprint density at radius 3 is 2.50 bits per heavy atom. The third-order valence-corrected chi connectivity index (χ3v) is 5.68. The fourth-order valence-corrected chi connectivity index (χ4v) is 3.73. The zero-order chi connectivity index (χ0) is 23.5. The van der Waals surface area contributed by atoms with Crippen molar-refractivity contribution in [3.05, 3.63) is 53.7 Å².